The van der Waals surface area contributed by atoms with Gasteiger partial charge in [0.05, 0.1) is 5.69 Å². The zero-order chi connectivity index (χ0) is 15.5. The number of nitrogens with one attached hydrogen (secondary N) is 1. The quantitative estimate of drug-likeness (QED) is 0.939. The Morgan fingerprint density at radius 1 is 1.43 bits per heavy atom. The van der Waals surface area contributed by atoms with E-state index in [9.17, 15) is 9.18 Å². The number of carbonyl (C=O) groups excluding carboxylic acids is 1. The van der Waals surface area contributed by atoms with E-state index < -0.39 is 5.82 Å². The lowest BCUT2D eigenvalue weighted by Crippen LogP contribution is -2.20. The first-order valence-electron chi connectivity index (χ1n) is 6.49. The number of amides is 1. The fraction of sp³-hybridized carbons (Fsp3) is 0.333. The molecule has 0 atom stereocenters. The molecular weight excluding hydrogens is 291 g/mol. The second kappa shape index (κ2) is 6.22. The second-order valence-corrected chi connectivity index (χ2v) is 6.44. The first kappa shape index (κ1) is 15.4. The average molecular weight is 308 g/mol. The first-order chi connectivity index (χ1) is 9.84. The largest absolute Gasteiger partial charge is 0.484 e. The Morgan fingerprint density at radius 3 is 2.81 bits per heavy atom. The van der Waals surface area contributed by atoms with Gasteiger partial charge in [0.2, 0.25) is 0 Å². The van der Waals surface area contributed by atoms with Crippen LogP contribution in [0.4, 0.5) is 9.52 Å². The number of thiazole rings is 1. The van der Waals surface area contributed by atoms with Crippen LogP contribution in [0.25, 0.3) is 0 Å². The normalized spacial score (nSPS) is 11.2. The highest BCUT2D eigenvalue weighted by molar-refractivity contribution is 7.13. The molecule has 1 amide bonds. The maximum Gasteiger partial charge on any atom is 0.264 e. The number of nitrogens with zero attached hydrogens (tertiary/aromatic N) is 1. The van der Waals surface area contributed by atoms with Crippen LogP contribution in [-0.4, -0.2) is 17.5 Å². The van der Waals surface area contributed by atoms with Crippen LogP contribution in [0.1, 0.15) is 26.5 Å². The Bertz CT molecular complexity index is 635. The van der Waals surface area contributed by atoms with E-state index in [4.69, 9.17) is 4.74 Å². The van der Waals surface area contributed by atoms with Gasteiger partial charge in [-0.05, 0) is 12.1 Å². The van der Waals surface area contributed by atoms with Crippen molar-refractivity contribution in [1.29, 1.82) is 0 Å². The number of hydrogen-bond donors (Lipinski definition) is 1. The third-order valence-electron chi connectivity index (χ3n) is 2.68. The van der Waals surface area contributed by atoms with Crippen LogP contribution >= 0.6 is 11.3 Å². The molecule has 0 radical (unpaired) electrons. The van der Waals surface area contributed by atoms with E-state index in [1.165, 1.54) is 29.5 Å². The summed E-state index contributed by atoms with van der Waals surface area (Å²) in [6.07, 6.45) is 0. The fourth-order valence-electron chi connectivity index (χ4n) is 1.54. The summed E-state index contributed by atoms with van der Waals surface area (Å²) in [5.74, 6) is -0.406. The van der Waals surface area contributed by atoms with E-state index in [1.807, 2.05) is 5.38 Å². The summed E-state index contributed by atoms with van der Waals surface area (Å²) < 4.78 is 18.2. The van der Waals surface area contributed by atoms with Crippen molar-refractivity contribution in [1.82, 2.24) is 4.98 Å². The van der Waals surface area contributed by atoms with Crippen LogP contribution in [0.2, 0.25) is 0 Å². The number of hydrogen-bond acceptors (Lipinski definition) is 4. The maximum absolute atomic E-state index is 13.0. The Kier molecular flexibility index (Phi) is 4.57. The molecule has 0 saturated carbocycles. The summed E-state index contributed by atoms with van der Waals surface area (Å²) >= 11 is 1.37. The summed E-state index contributed by atoms with van der Waals surface area (Å²) in [5.41, 5.74) is 0.867. The van der Waals surface area contributed by atoms with E-state index in [0.29, 0.717) is 10.9 Å². The van der Waals surface area contributed by atoms with E-state index in [-0.39, 0.29) is 17.9 Å². The van der Waals surface area contributed by atoms with Crippen LogP contribution in [0.5, 0.6) is 5.75 Å². The van der Waals surface area contributed by atoms with Gasteiger partial charge >= 0.3 is 0 Å². The Labute approximate surface area is 127 Å². The van der Waals surface area contributed by atoms with Crippen molar-refractivity contribution in [3.05, 3.63) is 41.2 Å². The number of carbonyl (C=O) groups is 1. The molecule has 0 aliphatic heterocycles. The highest BCUT2D eigenvalue weighted by Crippen LogP contribution is 2.26. The number of aromatic nitrogens is 1. The standard InChI is InChI=1S/C15H17FN2O2S/c1-15(2,3)12-9-21-14(17-12)18-13(19)8-20-11-6-4-5-10(16)7-11/h4-7,9H,8H2,1-3H3,(H,17,18,19). The molecule has 4 nitrogen and oxygen atoms in total. The molecule has 2 rings (SSSR count). The zero-order valence-corrected chi connectivity index (χ0v) is 13.0. The molecule has 2 aromatic rings. The second-order valence-electron chi connectivity index (χ2n) is 5.58. The van der Waals surface area contributed by atoms with Gasteiger partial charge in [-0.2, -0.15) is 0 Å². The van der Waals surface area contributed by atoms with Gasteiger partial charge in [-0.15, -0.1) is 11.3 Å². The van der Waals surface area contributed by atoms with Crippen molar-refractivity contribution in [2.45, 2.75) is 26.2 Å². The Hall–Kier alpha value is -1.95. The molecule has 1 aromatic heterocycles. The summed E-state index contributed by atoms with van der Waals surface area (Å²) in [6.45, 7) is 5.98. The molecule has 0 fully saturated rings. The van der Waals surface area contributed by atoms with Crippen molar-refractivity contribution in [2.75, 3.05) is 11.9 Å². The average Bonchev–Trinajstić information content (AvgIpc) is 2.85. The molecule has 0 saturated heterocycles. The zero-order valence-electron chi connectivity index (χ0n) is 12.1. The summed E-state index contributed by atoms with van der Waals surface area (Å²) in [6, 6.07) is 5.67. The van der Waals surface area contributed by atoms with Gasteiger partial charge in [0.15, 0.2) is 11.7 Å². The van der Waals surface area contributed by atoms with Gasteiger partial charge in [0.25, 0.3) is 5.91 Å². The van der Waals surface area contributed by atoms with Gasteiger partial charge in [-0.25, -0.2) is 9.37 Å². The molecule has 0 unspecified atom stereocenters. The van der Waals surface area contributed by atoms with Gasteiger partial charge in [0.1, 0.15) is 11.6 Å². The van der Waals surface area contributed by atoms with Crippen molar-refractivity contribution in [3.63, 3.8) is 0 Å². The van der Waals surface area contributed by atoms with Crippen molar-refractivity contribution in [2.24, 2.45) is 0 Å². The lowest BCUT2D eigenvalue weighted by Gasteiger charge is -2.14. The monoisotopic (exact) mass is 308 g/mol. The minimum Gasteiger partial charge on any atom is -0.484 e. The highest BCUT2D eigenvalue weighted by Gasteiger charge is 2.18. The number of anilines is 1. The van der Waals surface area contributed by atoms with E-state index >= 15 is 0 Å². The minimum atomic E-state index is -0.400. The molecule has 0 aliphatic rings. The fourth-order valence-corrected chi connectivity index (χ4v) is 2.49. The van der Waals surface area contributed by atoms with E-state index in [1.54, 1.807) is 6.07 Å². The summed E-state index contributed by atoms with van der Waals surface area (Å²) in [4.78, 5) is 16.1. The van der Waals surface area contributed by atoms with Crippen molar-refractivity contribution < 1.29 is 13.9 Å². The SMILES string of the molecule is CC(C)(C)c1csc(NC(=O)COc2cccc(F)c2)n1. The van der Waals surface area contributed by atoms with E-state index in [0.717, 1.165) is 5.69 Å². The van der Waals surface area contributed by atoms with Crippen LogP contribution in [0, 0.1) is 5.82 Å². The number of ether oxygens (including phenoxy) is 1. The topological polar surface area (TPSA) is 51.2 Å². The molecule has 1 N–H and O–H groups in total. The Morgan fingerprint density at radius 2 is 2.19 bits per heavy atom. The van der Waals surface area contributed by atoms with Gasteiger partial charge in [0, 0.05) is 16.9 Å². The van der Waals surface area contributed by atoms with Gasteiger partial charge < -0.3 is 4.74 Å². The number of benzene rings is 1. The molecule has 0 aliphatic carbocycles. The molecular formula is C15H17FN2O2S. The highest BCUT2D eigenvalue weighted by atomic mass is 32.1. The number of rotatable bonds is 4. The molecule has 1 heterocycles. The third kappa shape index (κ3) is 4.53. The molecule has 6 heteroatoms. The molecule has 0 spiro atoms. The predicted octanol–water partition coefficient (Wildman–Crippen LogP) is 3.60. The number of halogens is 1. The summed E-state index contributed by atoms with van der Waals surface area (Å²) in [5, 5.41) is 5.12. The minimum absolute atomic E-state index is 0.0580. The van der Waals surface area contributed by atoms with Gasteiger partial charge in [-0.1, -0.05) is 26.8 Å². The van der Waals surface area contributed by atoms with Crippen LogP contribution < -0.4 is 10.1 Å². The maximum atomic E-state index is 13.0. The third-order valence-corrected chi connectivity index (χ3v) is 3.44. The lowest BCUT2D eigenvalue weighted by molar-refractivity contribution is -0.118. The molecule has 1 aromatic carbocycles. The van der Waals surface area contributed by atoms with Crippen LogP contribution in [-0.2, 0) is 10.2 Å². The van der Waals surface area contributed by atoms with Crippen molar-refractivity contribution >= 4 is 22.4 Å². The first-order valence-corrected chi connectivity index (χ1v) is 7.37. The molecule has 0 bridgehead atoms. The van der Waals surface area contributed by atoms with Crippen LogP contribution in [0.3, 0.4) is 0 Å². The van der Waals surface area contributed by atoms with Gasteiger partial charge in [-0.3, -0.25) is 10.1 Å². The van der Waals surface area contributed by atoms with Crippen LogP contribution in [0.15, 0.2) is 29.6 Å². The lowest BCUT2D eigenvalue weighted by atomic mass is 9.93. The molecule has 112 valence electrons. The van der Waals surface area contributed by atoms with E-state index in [2.05, 4.69) is 31.1 Å². The Balaban J connectivity index is 1.89. The van der Waals surface area contributed by atoms with Crippen molar-refractivity contribution in [3.8, 4) is 5.75 Å². The predicted molar refractivity (Wildman–Crippen MR) is 81.3 cm³/mol. The smallest absolute Gasteiger partial charge is 0.264 e. The molecule has 21 heavy (non-hydrogen) atoms. The summed E-state index contributed by atoms with van der Waals surface area (Å²) in [7, 11) is 0.